The van der Waals surface area contributed by atoms with Crippen molar-refractivity contribution in [3.63, 3.8) is 0 Å². The maximum Gasteiger partial charge on any atom is 0.356 e. The fourth-order valence-electron chi connectivity index (χ4n) is 2.52. The zero-order valence-electron chi connectivity index (χ0n) is 12.8. The van der Waals surface area contributed by atoms with E-state index in [1.807, 2.05) is 0 Å². The highest BCUT2D eigenvalue weighted by molar-refractivity contribution is 5.92. The summed E-state index contributed by atoms with van der Waals surface area (Å²) in [6.45, 7) is 4.92. The number of carbonyl (C=O) groups excluding carboxylic acids is 1. The Morgan fingerprint density at radius 3 is 2.64 bits per heavy atom. The molecule has 2 unspecified atom stereocenters. The molecule has 7 heteroatoms. The second kappa shape index (κ2) is 7.31. The number of aromatic carboxylic acids is 1. The minimum atomic E-state index is -1.17. The minimum absolute atomic E-state index is 0.0472. The number of aromatic nitrogens is 2. The number of carboxylic acid groups (broad SMARTS) is 1. The molecule has 0 bridgehead atoms. The maximum atomic E-state index is 12.1. The first-order chi connectivity index (χ1) is 10.5. The highest BCUT2D eigenvalue weighted by atomic mass is 16.5. The Hall–Kier alpha value is -2.02. The van der Waals surface area contributed by atoms with Crippen molar-refractivity contribution in [2.45, 2.75) is 45.3 Å². The Kier molecular flexibility index (Phi) is 5.43. The van der Waals surface area contributed by atoms with Crippen molar-refractivity contribution in [2.75, 3.05) is 6.61 Å². The van der Waals surface area contributed by atoms with Gasteiger partial charge < -0.3 is 15.2 Å². The van der Waals surface area contributed by atoms with Gasteiger partial charge in [0.15, 0.2) is 5.69 Å². The molecule has 2 atom stereocenters. The first-order valence-corrected chi connectivity index (χ1v) is 7.43. The Morgan fingerprint density at radius 1 is 1.36 bits per heavy atom. The Labute approximate surface area is 129 Å². The molecule has 0 radical (unpaired) electrons. The van der Waals surface area contributed by atoms with Gasteiger partial charge in [-0.15, -0.1) is 0 Å². The van der Waals surface area contributed by atoms with Gasteiger partial charge in [-0.1, -0.05) is 13.8 Å². The summed E-state index contributed by atoms with van der Waals surface area (Å²) in [5.74, 6) is -0.950. The largest absolute Gasteiger partial charge is 0.476 e. The van der Waals surface area contributed by atoms with Crippen LogP contribution in [0, 0.1) is 5.92 Å². The molecule has 1 aliphatic rings. The zero-order valence-corrected chi connectivity index (χ0v) is 12.8. The topological polar surface area (TPSA) is 101 Å². The van der Waals surface area contributed by atoms with Gasteiger partial charge in [0, 0.05) is 12.6 Å². The average Bonchev–Trinajstić information content (AvgIpc) is 2.47. The third-order valence-corrected chi connectivity index (χ3v) is 3.54. The monoisotopic (exact) mass is 307 g/mol. The van der Waals surface area contributed by atoms with E-state index in [1.54, 1.807) is 0 Å². The van der Waals surface area contributed by atoms with Crippen LogP contribution in [0.1, 0.15) is 54.1 Å². The number of nitrogens with one attached hydrogen (secondary N) is 1. The van der Waals surface area contributed by atoms with Crippen LogP contribution < -0.4 is 5.32 Å². The third-order valence-electron chi connectivity index (χ3n) is 3.54. The highest BCUT2D eigenvalue weighted by Gasteiger charge is 2.25. The summed E-state index contributed by atoms with van der Waals surface area (Å²) in [6, 6.07) is 0.0472. The number of amides is 1. The van der Waals surface area contributed by atoms with Crippen molar-refractivity contribution in [3.05, 3.63) is 23.8 Å². The van der Waals surface area contributed by atoms with Crippen LogP contribution in [-0.2, 0) is 4.74 Å². The maximum absolute atomic E-state index is 12.1. The number of hydrogen-bond acceptors (Lipinski definition) is 5. The predicted octanol–water partition coefficient (Wildman–Crippen LogP) is 1.50. The molecule has 0 aliphatic carbocycles. The van der Waals surface area contributed by atoms with E-state index in [0.29, 0.717) is 12.5 Å². The Bertz CT molecular complexity index is 530. The summed E-state index contributed by atoms with van der Waals surface area (Å²) in [4.78, 5) is 30.4. The van der Waals surface area contributed by atoms with Crippen molar-refractivity contribution in [2.24, 2.45) is 5.92 Å². The van der Waals surface area contributed by atoms with E-state index >= 15 is 0 Å². The summed E-state index contributed by atoms with van der Waals surface area (Å²) in [6.07, 6.45) is 4.96. The van der Waals surface area contributed by atoms with Gasteiger partial charge in [-0.2, -0.15) is 0 Å². The molecule has 22 heavy (non-hydrogen) atoms. The van der Waals surface area contributed by atoms with Crippen LogP contribution >= 0.6 is 0 Å². The number of carboxylic acids is 1. The van der Waals surface area contributed by atoms with Crippen LogP contribution in [0.2, 0.25) is 0 Å². The van der Waals surface area contributed by atoms with Gasteiger partial charge in [0.25, 0.3) is 5.91 Å². The molecule has 7 nitrogen and oxygen atoms in total. The Balaban J connectivity index is 1.92. The van der Waals surface area contributed by atoms with Crippen molar-refractivity contribution < 1.29 is 19.4 Å². The zero-order chi connectivity index (χ0) is 16.1. The van der Waals surface area contributed by atoms with Crippen LogP contribution in [0.25, 0.3) is 0 Å². The summed E-state index contributed by atoms with van der Waals surface area (Å²) in [5.41, 5.74) is -0.0588. The molecule has 1 aliphatic heterocycles. The lowest BCUT2D eigenvalue weighted by Crippen LogP contribution is -2.42. The SMILES string of the molecule is CC(C)CC1CC(NC(=O)c2cnc(C(=O)O)cn2)CCO1. The molecule has 1 amide bonds. The molecular formula is C15H21N3O4. The lowest BCUT2D eigenvalue weighted by atomic mass is 9.96. The number of carbonyl (C=O) groups is 2. The summed E-state index contributed by atoms with van der Waals surface area (Å²) < 4.78 is 5.70. The van der Waals surface area contributed by atoms with Gasteiger partial charge in [-0.05, 0) is 25.2 Å². The quantitative estimate of drug-likeness (QED) is 0.854. The number of ether oxygens (including phenoxy) is 1. The van der Waals surface area contributed by atoms with Crippen LogP contribution in [0.5, 0.6) is 0 Å². The molecule has 0 saturated carbocycles. The molecule has 120 valence electrons. The van der Waals surface area contributed by atoms with Gasteiger partial charge in [-0.3, -0.25) is 4.79 Å². The van der Waals surface area contributed by atoms with E-state index in [4.69, 9.17) is 9.84 Å². The van der Waals surface area contributed by atoms with Gasteiger partial charge in [0.1, 0.15) is 5.69 Å². The number of nitrogens with zero attached hydrogens (tertiary/aromatic N) is 2. The van der Waals surface area contributed by atoms with Crippen molar-refractivity contribution in [1.82, 2.24) is 15.3 Å². The molecule has 0 aromatic carbocycles. The van der Waals surface area contributed by atoms with Crippen molar-refractivity contribution in [3.8, 4) is 0 Å². The van der Waals surface area contributed by atoms with Crippen molar-refractivity contribution >= 4 is 11.9 Å². The van der Waals surface area contributed by atoms with Crippen LogP contribution in [0.4, 0.5) is 0 Å². The summed E-state index contributed by atoms with van der Waals surface area (Å²) >= 11 is 0. The molecule has 1 saturated heterocycles. The molecular weight excluding hydrogens is 286 g/mol. The van der Waals surface area contributed by atoms with Gasteiger partial charge in [0.05, 0.1) is 18.5 Å². The van der Waals surface area contributed by atoms with Gasteiger partial charge in [-0.25, -0.2) is 14.8 Å². The summed E-state index contributed by atoms with van der Waals surface area (Å²) in [7, 11) is 0. The molecule has 1 aromatic heterocycles. The van der Waals surface area contributed by atoms with E-state index in [1.165, 1.54) is 6.20 Å². The lowest BCUT2D eigenvalue weighted by Gasteiger charge is -2.31. The first-order valence-electron chi connectivity index (χ1n) is 7.43. The van der Waals surface area contributed by atoms with Crippen molar-refractivity contribution in [1.29, 1.82) is 0 Å². The van der Waals surface area contributed by atoms with Gasteiger partial charge >= 0.3 is 5.97 Å². The number of rotatable bonds is 5. The first kappa shape index (κ1) is 16.4. The molecule has 2 N–H and O–H groups in total. The second-order valence-electron chi connectivity index (χ2n) is 5.91. The molecule has 2 heterocycles. The molecule has 1 fully saturated rings. The highest BCUT2D eigenvalue weighted by Crippen LogP contribution is 2.20. The van der Waals surface area contributed by atoms with E-state index in [9.17, 15) is 9.59 Å². The standard InChI is InChI=1S/C15H21N3O4/c1-9(2)5-11-6-10(3-4-22-11)18-14(19)12-7-17-13(8-16-12)15(20)21/h7-11H,3-6H2,1-2H3,(H,18,19)(H,20,21). The molecule has 2 rings (SSSR count). The van der Waals surface area contributed by atoms with E-state index < -0.39 is 5.97 Å². The molecule has 0 spiro atoms. The fraction of sp³-hybridized carbons (Fsp3) is 0.600. The summed E-state index contributed by atoms with van der Waals surface area (Å²) in [5, 5.41) is 11.7. The third kappa shape index (κ3) is 4.49. The normalized spacial score (nSPS) is 21.6. The Morgan fingerprint density at radius 2 is 2.05 bits per heavy atom. The van der Waals surface area contributed by atoms with Crippen LogP contribution in [-0.4, -0.2) is 45.7 Å². The van der Waals surface area contributed by atoms with E-state index in [-0.39, 0.29) is 29.4 Å². The fourth-order valence-corrected chi connectivity index (χ4v) is 2.52. The smallest absolute Gasteiger partial charge is 0.356 e. The molecule has 1 aromatic rings. The van der Waals surface area contributed by atoms with E-state index in [0.717, 1.165) is 25.5 Å². The average molecular weight is 307 g/mol. The van der Waals surface area contributed by atoms with Gasteiger partial charge in [0.2, 0.25) is 0 Å². The van der Waals surface area contributed by atoms with Crippen LogP contribution in [0.3, 0.4) is 0 Å². The number of hydrogen-bond donors (Lipinski definition) is 2. The predicted molar refractivity (Wildman–Crippen MR) is 78.7 cm³/mol. The lowest BCUT2D eigenvalue weighted by molar-refractivity contribution is -0.00850. The second-order valence-corrected chi connectivity index (χ2v) is 5.91. The van der Waals surface area contributed by atoms with E-state index in [2.05, 4.69) is 29.1 Å². The minimum Gasteiger partial charge on any atom is -0.476 e. The van der Waals surface area contributed by atoms with Crippen LogP contribution in [0.15, 0.2) is 12.4 Å².